The number of hydrogen-bond acceptors (Lipinski definition) is 7. The normalized spacial score (nSPS) is 25.3. The van der Waals surface area contributed by atoms with Gasteiger partial charge in [-0.1, -0.05) is 60.7 Å². The van der Waals surface area contributed by atoms with E-state index in [9.17, 15) is 19.8 Å². The third-order valence-electron chi connectivity index (χ3n) is 7.80. The van der Waals surface area contributed by atoms with Crippen molar-refractivity contribution in [1.29, 1.82) is 0 Å². The molecule has 0 aliphatic carbocycles. The fraction of sp³-hybridized carbons (Fsp3) is 0.355. The van der Waals surface area contributed by atoms with Gasteiger partial charge in [-0.05, 0) is 35.2 Å². The molecule has 0 saturated carbocycles. The lowest BCUT2D eigenvalue weighted by molar-refractivity contribution is -0.252. The number of rotatable bonds is 7. The molecule has 3 aliphatic heterocycles. The van der Waals surface area contributed by atoms with Gasteiger partial charge in [0.1, 0.15) is 0 Å². The van der Waals surface area contributed by atoms with Crippen LogP contribution in [0.5, 0.6) is 0 Å². The minimum Gasteiger partial charge on any atom is -0.392 e. The summed E-state index contributed by atoms with van der Waals surface area (Å²) in [7, 11) is 0. The lowest BCUT2D eigenvalue weighted by atomic mass is 9.99. The van der Waals surface area contributed by atoms with E-state index >= 15 is 0 Å². The number of benzene rings is 3. The van der Waals surface area contributed by atoms with E-state index in [-0.39, 0.29) is 43.3 Å². The molecule has 6 rings (SSSR count). The third kappa shape index (κ3) is 5.39. The molecule has 2 saturated heterocycles. The van der Waals surface area contributed by atoms with E-state index in [1.165, 1.54) is 4.90 Å². The molecule has 3 aromatic carbocycles. The van der Waals surface area contributed by atoms with Crippen LogP contribution in [0.3, 0.4) is 0 Å². The Kier molecular flexibility index (Phi) is 7.29. The Morgan fingerprint density at radius 2 is 1.46 bits per heavy atom. The Bertz CT molecular complexity index is 1310. The Labute approximate surface area is 227 Å². The summed E-state index contributed by atoms with van der Waals surface area (Å²) in [5, 5.41) is 19.4. The van der Waals surface area contributed by atoms with Crippen LogP contribution in [0.25, 0.3) is 0 Å². The van der Waals surface area contributed by atoms with E-state index in [0.29, 0.717) is 30.6 Å². The molecule has 8 heteroatoms. The number of carbonyl (C=O) groups is 2. The fourth-order valence-electron chi connectivity index (χ4n) is 5.64. The molecule has 4 atom stereocenters. The maximum Gasteiger partial charge on any atom is 0.261 e. The maximum atomic E-state index is 12.8. The van der Waals surface area contributed by atoms with Gasteiger partial charge in [-0.2, -0.15) is 0 Å². The quantitative estimate of drug-likeness (QED) is 0.452. The highest BCUT2D eigenvalue weighted by molar-refractivity contribution is 6.21. The summed E-state index contributed by atoms with van der Waals surface area (Å²) in [6.45, 7) is 2.38. The minimum atomic E-state index is -0.591. The van der Waals surface area contributed by atoms with Crippen LogP contribution < -0.4 is 0 Å². The van der Waals surface area contributed by atoms with E-state index in [0.717, 1.165) is 35.2 Å². The molecule has 0 spiro atoms. The van der Waals surface area contributed by atoms with Crippen LogP contribution in [0.4, 0.5) is 0 Å². The zero-order valence-corrected chi connectivity index (χ0v) is 21.6. The van der Waals surface area contributed by atoms with E-state index in [1.54, 1.807) is 24.3 Å². The molecule has 3 heterocycles. The van der Waals surface area contributed by atoms with Gasteiger partial charge in [0.05, 0.1) is 42.6 Å². The number of hydrogen-bond donors (Lipinski definition) is 2. The van der Waals surface area contributed by atoms with Crippen molar-refractivity contribution in [2.24, 2.45) is 0 Å². The molecule has 0 unspecified atom stereocenters. The van der Waals surface area contributed by atoms with Crippen molar-refractivity contribution in [1.82, 2.24) is 9.80 Å². The van der Waals surface area contributed by atoms with Crippen LogP contribution in [0.15, 0.2) is 72.8 Å². The largest absolute Gasteiger partial charge is 0.392 e. The number of carbonyl (C=O) groups excluding carboxylic acids is 2. The maximum absolute atomic E-state index is 12.8. The monoisotopic (exact) mass is 528 g/mol. The molecule has 2 fully saturated rings. The molecule has 0 bridgehead atoms. The predicted octanol–water partition coefficient (Wildman–Crippen LogP) is 3.59. The predicted molar refractivity (Wildman–Crippen MR) is 143 cm³/mol. The molecule has 8 nitrogen and oxygen atoms in total. The molecule has 202 valence electrons. The van der Waals surface area contributed by atoms with Crippen LogP contribution in [-0.4, -0.2) is 63.7 Å². The molecule has 3 aromatic rings. The van der Waals surface area contributed by atoms with Crippen molar-refractivity contribution >= 4 is 11.8 Å². The van der Waals surface area contributed by atoms with E-state index in [1.807, 2.05) is 48.5 Å². The van der Waals surface area contributed by atoms with E-state index < -0.39 is 6.29 Å². The molecular weight excluding hydrogens is 496 g/mol. The summed E-state index contributed by atoms with van der Waals surface area (Å²) >= 11 is 0. The second-order valence-corrected chi connectivity index (χ2v) is 10.5. The van der Waals surface area contributed by atoms with Gasteiger partial charge in [-0.15, -0.1) is 0 Å². The second kappa shape index (κ2) is 11.0. The lowest BCUT2D eigenvalue weighted by Crippen LogP contribution is -2.38. The Morgan fingerprint density at radius 1 is 0.821 bits per heavy atom. The Hall–Kier alpha value is -3.40. The summed E-state index contributed by atoms with van der Waals surface area (Å²) in [6.07, 6.45) is 0.290. The van der Waals surface area contributed by atoms with Crippen LogP contribution in [0.1, 0.15) is 68.2 Å². The van der Waals surface area contributed by atoms with Crippen LogP contribution >= 0.6 is 0 Å². The number of aliphatic hydroxyl groups excluding tert-OH is 2. The first-order chi connectivity index (χ1) is 19.0. The molecule has 3 aliphatic rings. The van der Waals surface area contributed by atoms with Crippen molar-refractivity contribution in [3.05, 3.63) is 106 Å². The molecule has 2 N–H and O–H groups in total. The number of ether oxygens (including phenoxy) is 2. The summed E-state index contributed by atoms with van der Waals surface area (Å²) in [6, 6.07) is 22.3. The van der Waals surface area contributed by atoms with Gasteiger partial charge >= 0.3 is 0 Å². The van der Waals surface area contributed by atoms with Crippen molar-refractivity contribution in [3.8, 4) is 0 Å². The van der Waals surface area contributed by atoms with Crippen molar-refractivity contribution in [2.45, 2.75) is 50.6 Å². The Morgan fingerprint density at radius 3 is 2.08 bits per heavy atom. The molecule has 0 aromatic heterocycles. The van der Waals surface area contributed by atoms with Gasteiger partial charge in [0, 0.05) is 31.6 Å². The first-order valence-electron chi connectivity index (χ1n) is 13.4. The first kappa shape index (κ1) is 25.9. The van der Waals surface area contributed by atoms with Gasteiger partial charge in [-0.25, -0.2) is 0 Å². The van der Waals surface area contributed by atoms with Crippen LogP contribution in [0.2, 0.25) is 0 Å². The average molecular weight is 529 g/mol. The molecular formula is C31H32N2O6. The summed E-state index contributed by atoms with van der Waals surface area (Å²) in [4.78, 5) is 29.0. The van der Waals surface area contributed by atoms with Crippen molar-refractivity contribution < 1.29 is 29.3 Å². The lowest BCUT2D eigenvalue weighted by Gasteiger charge is -2.38. The van der Waals surface area contributed by atoms with Gasteiger partial charge in [0.25, 0.3) is 11.8 Å². The van der Waals surface area contributed by atoms with Crippen LogP contribution in [-0.2, 0) is 22.6 Å². The van der Waals surface area contributed by atoms with Crippen molar-refractivity contribution in [3.63, 3.8) is 0 Å². The smallest absolute Gasteiger partial charge is 0.261 e. The summed E-state index contributed by atoms with van der Waals surface area (Å²) in [5.74, 6) is -0.549. The highest BCUT2D eigenvalue weighted by Gasteiger charge is 2.36. The Balaban J connectivity index is 1.18. The SMILES string of the molecule is O=C1c2ccccc2C(=O)N1Cc1ccc([C@@H]2O[C@H](CN3CC[C@H](O)C3)C[C@H](c3ccc(CO)cc3)O2)cc1. The number of aliphatic hydroxyl groups is 2. The van der Waals surface area contributed by atoms with Gasteiger partial charge < -0.3 is 19.7 Å². The second-order valence-electron chi connectivity index (χ2n) is 10.5. The van der Waals surface area contributed by atoms with E-state index in [2.05, 4.69) is 4.90 Å². The van der Waals surface area contributed by atoms with Crippen molar-refractivity contribution in [2.75, 3.05) is 19.6 Å². The molecule has 2 amide bonds. The van der Waals surface area contributed by atoms with Gasteiger partial charge in [0.2, 0.25) is 0 Å². The van der Waals surface area contributed by atoms with Gasteiger partial charge in [0.15, 0.2) is 6.29 Å². The zero-order valence-electron chi connectivity index (χ0n) is 21.6. The standard InChI is InChI=1S/C31H32N2O6/c34-19-21-7-9-22(10-8-21)28-15-25(18-32-14-13-24(35)17-32)38-31(39-28)23-11-5-20(6-12-23)16-33-29(36)26-3-1-2-4-27(26)30(33)37/h1-12,24-25,28,31,34-35H,13-19H2/t24-,25-,28+,31+/m0/s1. The number of nitrogens with zero attached hydrogens (tertiary/aromatic N) is 2. The number of imide groups is 1. The van der Waals surface area contributed by atoms with Crippen LogP contribution in [0, 0.1) is 0 Å². The highest BCUT2D eigenvalue weighted by Crippen LogP contribution is 2.38. The molecule has 0 radical (unpaired) electrons. The zero-order chi connectivity index (χ0) is 26.9. The average Bonchev–Trinajstić information content (AvgIpc) is 3.49. The fourth-order valence-corrected chi connectivity index (χ4v) is 5.64. The number of β-amino-alcohol motifs (C(OH)–C–C–N with tert-alkyl or cyclic N) is 1. The van der Waals surface area contributed by atoms with E-state index in [4.69, 9.17) is 9.47 Å². The highest BCUT2D eigenvalue weighted by atomic mass is 16.7. The first-order valence-corrected chi connectivity index (χ1v) is 13.4. The summed E-state index contributed by atoms with van der Waals surface area (Å²) < 4.78 is 12.8. The third-order valence-corrected chi connectivity index (χ3v) is 7.80. The summed E-state index contributed by atoms with van der Waals surface area (Å²) in [5.41, 5.74) is 4.44. The van der Waals surface area contributed by atoms with Gasteiger partial charge in [-0.3, -0.25) is 19.4 Å². The molecule has 39 heavy (non-hydrogen) atoms. The number of likely N-dealkylation sites (tertiary alicyclic amines) is 1. The minimum absolute atomic E-state index is 0.00941. The number of amides is 2. The number of fused-ring (bicyclic) bond motifs is 1. The topological polar surface area (TPSA) is 99.5 Å².